The molecule has 366 valence electrons. The third-order valence-electron chi connectivity index (χ3n) is 10.5. The van der Waals surface area contributed by atoms with Crippen LogP contribution in [-0.4, -0.2) is 90.9 Å². The number of benzene rings is 4. The third-order valence-corrected chi connectivity index (χ3v) is 10.5. The van der Waals surface area contributed by atoms with E-state index in [0.29, 0.717) is 0 Å². The SMILES string of the molecule is CC(C)[C@H](NC(=O)OCC1c2ccccc2-c2ccccc21)C(=O)N[C@@H](CCCNC(N)=O)C(=O)Nc1ccc(COC(=O)Oc2ccc([N+](=O)[O-])cc2)c(C(=O)NCCNC(=O)OC(C)(C)C)c1. The lowest BCUT2D eigenvalue weighted by molar-refractivity contribution is -0.384. The Labute approximate surface area is 397 Å². The van der Waals surface area contributed by atoms with Gasteiger partial charge in [-0.25, -0.2) is 19.2 Å². The predicted octanol–water partition coefficient (Wildman–Crippen LogP) is 6.00. The number of fused-ring (bicyclic) bond motifs is 3. The van der Waals surface area contributed by atoms with Crippen LogP contribution in [-0.2, 0) is 30.4 Å². The van der Waals surface area contributed by atoms with Gasteiger partial charge in [0, 0.05) is 54.5 Å². The molecule has 0 fully saturated rings. The number of rotatable bonds is 20. The topological polar surface area (TPSA) is 298 Å². The molecule has 8 N–H and O–H groups in total. The van der Waals surface area contributed by atoms with E-state index in [-0.39, 0.29) is 73.3 Å². The Balaban J connectivity index is 1.28. The number of carbonyl (C=O) groups is 7. The molecule has 0 aliphatic heterocycles. The summed E-state index contributed by atoms with van der Waals surface area (Å²) in [7, 11) is 0. The van der Waals surface area contributed by atoms with Crippen LogP contribution in [0.1, 0.15) is 80.4 Å². The Morgan fingerprint density at radius 3 is 2.00 bits per heavy atom. The Hall–Kier alpha value is -8.23. The number of amides is 7. The molecule has 2 atom stereocenters. The summed E-state index contributed by atoms with van der Waals surface area (Å²) in [6.07, 6.45) is -2.56. The van der Waals surface area contributed by atoms with Gasteiger partial charge in [0.2, 0.25) is 11.8 Å². The number of ether oxygens (including phenoxy) is 4. The van der Waals surface area contributed by atoms with Gasteiger partial charge in [0.15, 0.2) is 0 Å². The first-order chi connectivity index (χ1) is 32.8. The van der Waals surface area contributed by atoms with Crippen molar-refractivity contribution in [2.45, 2.75) is 77.7 Å². The lowest BCUT2D eigenvalue weighted by Crippen LogP contribution is -2.54. The monoisotopic (exact) mass is 952 g/mol. The van der Waals surface area contributed by atoms with Crippen molar-refractivity contribution in [1.29, 1.82) is 0 Å². The Bertz CT molecular complexity index is 2480. The number of nitrogens with zero attached hydrogens (tertiary/aromatic N) is 1. The summed E-state index contributed by atoms with van der Waals surface area (Å²) < 4.78 is 21.3. The van der Waals surface area contributed by atoms with Crippen molar-refractivity contribution in [2.24, 2.45) is 11.7 Å². The van der Waals surface area contributed by atoms with Gasteiger partial charge in [-0.2, -0.15) is 0 Å². The summed E-state index contributed by atoms with van der Waals surface area (Å²) in [6.45, 7) is 7.97. The average Bonchev–Trinajstić information content (AvgIpc) is 3.61. The molecule has 1 aliphatic rings. The van der Waals surface area contributed by atoms with E-state index in [2.05, 4.69) is 31.9 Å². The fourth-order valence-electron chi connectivity index (χ4n) is 7.22. The molecule has 0 heterocycles. The summed E-state index contributed by atoms with van der Waals surface area (Å²) in [5, 5.41) is 26.7. The zero-order valence-corrected chi connectivity index (χ0v) is 38.8. The van der Waals surface area contributed by atoms with Crippen molar-refractivity contribution < 1.29 is 57.4 Å². The van der Waals surface area contributed by atoms with E-state index in [1.54, 1.807) is 34.6 Å². The minimum Gasteiger partial charge on any atom is -0.449 e. The Morgan fingerprint density at radius 2 is 1.39 bits per heavy atom. The van der Waals surface area contributed by atoms with Gasteiger partial charge in [-0.1, -0.05) is 68.4 Å². The molecule has 4 aromatic carbocycles. The predicted molar refractivity (Wildman–Crippen MR) is 251 cm³/mol. The van der Waals surface area contributed by atoms with Gasteiger partial charge < -0.3 is 56.6 Å². The van der Waals surface area contributed by atoms with Gasteiger partial charge in [0.25, 0.3) is 11.6 Å². The number of alkyl carbamates (subject to hydrolysis) is 2. The molecule has 0 spiro atoms. The zero-order chi connectivity index (χ0) is 50.3. The molecule has 0 radical (unpaired) electrons. The Morgan fingerprint density at radius 1 is 0.754 bits per heavy atom. The zero-order valence-electron chi connectivity index (χ0n) is 38.8. The van der Waals surface area contributed by atoms with Gasteiger partial charge in [0.1, 0.15) is 36.6 Å². The highest BCUT2D eigenvalue weighted by molar-refractivity contribution is 6.01. The molecular weight excluding hydrogens is 897 g/mol. The second-order valence-corrected chi connectivity index (χ2v) is 17.1. The first kappa shape index (κ1) is 51.7. The van der Waals surface area contributed by atoms with E-state index in [0.717, 1.165) is 34.4 Å². The molecule has 21 nitrogen and oxygen atoms in total. The molecule has 0 aromatic heterocycles. The number of carbonyl (C=O) groups excluding carboxylic acids is 7. The quantitative estimate of drug-likeness (QED) is 0.0134. The second kappa shape index (κ2) is 24.0. The standard InChI is InChI=1S/C48H56N8O13/c1-28(2)40(55-46(62)66-27-38-35-13-8-6-11-33(35)34-12-7-9-14-36(34)38)43(59)54-39(15-10-22-51-44(49)60)42(58)53-30-17-16-29(26-67-47(63)68-32-20-18-31(19-21-32)56(64)65)37(25-30)41(57)50-23-24-52-45(61)69-48(3,4)5/h6-9,11-14,16-21,25,28,38-40H,10,15,22-24,26-27H2,1-5H3,(H,50,57)(H,52,61)(H,53,58)(H,54,59)(H,55,62)(H3,49,51,60)/t39-,40-/m0/s1. The maximum atomic E-state index is 14.0. The van der Waals surface area contributed by atoms with Gasteiger partial charge in [-0.15, -0.1) is 0 Å². The van der Waals surface area contributed by atoms with Crippen LogP contribution in [0.4, 0.5) is 30.6 Å². The van der Waals surface area contributed by atoms with Gasteiger partial charge in [-0.3, -0.25) is 24.5 Å². The van der Waals surface area contributed by atoms with Crippen molar-refractivity contribution in [2.75, 3.05) is 31.6 Å². The van der Waals surface area contributed by atoms with Gasteiger partial charge >= 0.3 is 24.4 Å². The molecule has 0 unspecified atom stereocenters. The number of nitro groups is 1. The highest BCUT2D eigenvalue weighted by Gasteiger charge is 2.32. The third kappa shape index (κ3) is 15.4. The lowest BCUT2D eigenvalue weighted by atomic mass is 9.98. The highest BCUT2D eigenvalue weighted by Crippen LogP contribution is 2.44. The van der Waals surface area contributed by atoms with E-state index in [9.17, 15) is 43.7 Å². The maximum absolute atomic E-state index is 14.0. The first-order valence-electron chi connectivity index (χ1n) is 22.0. The van der Waals surface area contributed by atoms with E-state index < -0.39 is 77.2 Å². The van der Waals surface area contributed by atoms with E-state index in [4.69, 9.17) is 24.7 Å². The molecule has 0 bridgehead atoms. The number of nitro benzene ring substituents is 1. The van der Waals surface area contributed by atoms with E-state index >= 15 is 0 Å². The number of non-ortho nitro benzene ring substituents is 1. The van der Waals surface area contributed by atoms with Crippen molar-refractivity contribution in [3.63, 3.8) is 0 Å². The molecule has 69 heavy (non-hydrogen) atoms. The van der Waals surface area contributed by atoms with Crippen LogP contribution in [0.25, 0.3) is 11.1 Å². The van der Waals surface area contributed by atoms with Crippen LogP contribution in [0.2, 0.25) is 0 Å². The molecule has 7 amide bonds. The number of nitrogens with one attached hydrogen (secondary N) is 6. The summed E-state index contributed by atoms with van der Waals surface area (Å²) >= 11 is 0. The van der Waals surface area contributed by atoms with Crippen LogP contribution < -0.4 is 42.4 Å². The fraction of sp³-hybridized carbons (Fsp3) is 0.354. The lowest BCUT2D eigenvalue weighted by Gasteiger charge is -2.25. The molecule has 4 aromatic rings. The maximum Gasteiger partial charge on any atom is 0.514 e. The minimum atomic E-state index is -1.24. The largest absolute Gasteiger partial charge is 0.514 e. The van der Waals surface area contributed by atoms with Crippen molar-refractivity contribution in [3.8, 4) is 16.9 Å². The van der Waals surface area contributed by atoms with Crippen molar-refractivity contribution >= 4 is 53.5 Å². The molecule has 21 heteroatoms. The minimum absolute atomic E-state index is 0.00432. The molecule has 5 rings (SSSR count). The van der Waals surface area contributed by atoms with Crippen LogP contribution in [0.3, 0.4) is 0 Å². The normalized spacial score (nSPS) is 12.5. The fourth-order valence-corrected chi connectivity index (χ4v) is 7.22. The summed E-state index contributed by atoms with van der Waals surface area (Å²) in [4.78, 5) is 101. The van der Waals surface area contributed by atoms with Gasteiger partial charge in [-0.05, 0) is 86.1 Å². The van der Waals surface area contributed by atoms with Crippen LogP contribution in [0.15, 0.2) is 91.0 Å². The summed E-state index contributed by atoms with van der Waals surface area (Å²) in [5.41, 5.74) is 8.54. The average molecular weight is 953 g/mol. The highest BCUT2D eigenvalue weighted by atomic mass is 16.7. The Kier molecular flexibility index (Phi) is 18.0. The first-order valence-corrected chi connectivity index (χ1v) is 22.0. The van der Waals surface area contributed by atoms with Crippen LogP contribution >= 0.6 is 0 Å². The second-order valence-electron chi connectivity index (χ2n) is 17.1. The smallest absolute Gasteiger partial charge is 0.449 e. The van der Waals surface area contributed by atoms with Gasteiger partial charge in [0.05, 0.1) is 4.92 Å². The van der Waals surface area contributed by atoms with E-state index in [1.807, 2.05) is 48.5 Å². The van der Waals surface area contributed by atoms with Crippen molar-refractivity contribution in [1.82, 2.24) is 26.6 Å². The van der Waals surface area contributed by atoms with Crippen LogP contribution in [0, 0.1) is 16.0 Å². The summed E-state index contributed by atoms with van der Waals surface area (Å²) in [6, 6.07) is 21.3. The molecular formula is C48H56N8O13. The number of urea groups is 1. The molecule has 1 aliphatic carbocycles. The summed E-state index contributed by atoms with van der Waals surface area (Å²) in [5.74, 6) is -2.85. The number of nitrogens with two attached hydrogens (primary N) is 1. The molecule has 0 saturated heterocycles. The number of anilines is 1. The van der Waals surface area contributed by atoms with Crippen LogP contribution in [0.5, 0.6) is 5.75 Å². The van der Waals surface area contributed by atoms with E-state index in [1.165, 1.54) is 30.3 Å². The number of primary amides is 1. The molecule has 0 saturated carbocycles. The number of hydrogen-bond acceptors (Lipinski definition) is 13. The number of hydrogen-bond donors (Lipinski definition) is 7. The van der Waals surface area contributed by atoms with Crippen molar-refractivity contribution in [3.05, 3.63) is 123 Å².